The lowest BCUT2D eigenvalue weighted by molar-refractivity contribution is -0.154. The van der Waals surface area contributed by atoms with Crippen LogP contribution in [0.25, 0.3) is 0 Å². The van der Waals surface area contributed by atoms with Crippen LogP contribution in [-0.2, 0) is 19.7 Å². The molecule has 0 atom stereocenters. The number of carboxylic acids is 2. The second kappa shape index (κ2) is 6.44. The maximum absolute atomic E-state index is 10.4. The molecule has 0 aromatic rings. The van der Waals surface area contributed by atoms with Crippen LogP contribution >= 0.6 is 0 Å². The number of carboxylic acid groups (broad SMARTS) is 2. The van der Waals surface area contributed by atoms with Crippen molar-refractivity contribution >= 4 is 22.1 Å². The summed E-state index contributed by atoms with van der Waals surface area (Å²) in [5.74, 6) is -4.65. The second-order valence-electron chi connectivity index (χ2n) is 3.36. The molecule has 94 valence electrons. The van der Waals surface area contributed by atoms with Crippen LogP contribution in [0.3, 0.4) is 0 Å². The number of carbonyl (C=O) groups is 2. The molecule has 0 bridgehead atoms. The molecule has 0 aliphatic carbocycles. The molecule has 16 heavy (non-hydrogen) atoms. The third-order valence-corrected chi connectivity index (χ3v) is 2.80. The highest BCUT2D eigenvalue weighted by atomic mass is 32.2. The van der Waals surface area contributed by atoms with E-state index in [0.29, 0.717) is 12.8 Å². The van der Waals surface area contributed by atoms with Gasteiger partial charge in [0.05, 0.1) is 5.75 Å². The van der Waals surface area contributed by atoms with Gasteiger partial charge >= 0.3 is 11.9 Å². The molecule has 0 radical (unpaired) electrons. The predicted molar refractivity (Wildman–Crippen MR) is 53.6 cm³/mol. The van der Waals surface area contributed by atoms with Crippen LogP contribution in [0.1, 0.15) is 25.7 Å². The molecule has 8 heteroatoms. The van der Waals surface area contributed by atoms with Crippen molar-refractivity contribution in [2.75, 3.05) is 5.75 Å². The van der Waals surface area contributed by atoms with Gasteiger partial charge in [0, 0.05) is 0 Å². The van der Waals surface area contributed by atoms with Crippen molar-refractivity contribution in [3.8, 4) is 0 Å². The van der Waals surface area contributed by atoms with Gasteiger partial charge < -0.3 is 10.2 Å². The van der Waals surface area contributed by atoms with Gasteiger partial charge in [0.15, 0.2) is 5.92 Å². The quantitative estimate of drug-likeness (QED) is 0.321. The van der Waals surface area contributed by atoms with E-state index in [1.54, 1.807) is 0 Å². The Labute approximate surface area is 92.8 Å². The fourth-order valence-corrected chi connectivity index (χ4v) is 1.73. The maximum Gasteiger partial charge on any atom is 0.317 e. The van der Waals surface area contributed by atoms with E-state index in [1.807, 2.05) is 0 Å². The molecule has 0 saturated heterocycles. The van der Waals surface area contributed by atoms with E-state index in [9.17, 15) is 18.0 Å². The third kappa shape index (κ3) is 7.18. The van der Waals surface area contributed by atoms with Gasteiger partial charge in [-0.1, -0.05) is 12.8 Å². The molecule has 0 spiro atoms. The van der Waals surface area contributed by atoms with E-state index in [2.05, 4.69) is 0 Å². The Bertz CT molecular complexity index is 331. The lowest BCUT2D eigenvalue weighted by atomic mass is 10.0. The third-order valence-electron chi connectivity index (χ3n) is 1.99. The first-order valence-electron chi connectivity index (χ1n) is 4.65. The summed E-state index contributed by atoms with van der Waals surface area (Å²) >= 11 is 0. The highest BCUT2D eigenvalue weighted by Crippen LogP contribution is 2.11. The van der Waals surface area contributed by atoms with Gasteiger partial charge in [-0.05, 0) is 12.8 Å². The Balaban J connectivity index is 3.80. The predicted octanol–water partition coefficient (Wildman–Crippen LogP) is 0.220. The molecule has 0 aromatic carbocycles. The Hall–Kier alpha value is -1.15. The van der Waals surface area contributed by atoms with E-state index < -0.39 is 33.7 Å². The largest absolute Gasteiger partial charge is 0.481 e. The molecular formula is C8H14O7S. The molecule has 0 aromatic heterocycles. The molecule has 0 aliphatic rings. The van der Waals surface area contributed by atoms with Gasteiger partial charge in [-0.25, -0.2) is 0 Å². The molecule has 0 fully saturated rings. The van der Waals surface area contributed by atoms with Crippen molar-refractivity contribution in [2.24, 2.45) is 5.92 Å². The van der Waals surface area contributed by atoms with Gasteiger partial charge in [-0.15, -0.1) is 0 Å². The summed E-state index contributed by atoms with van der Waals surface area (Å²) in [7, 11) is -3.99. The average molecular weight is 254 g/mol. The first-order valence-corrected chi connectivity index (χ1v) is 6.25. The van der Waals surface area contributed by atoms with Crippen molar-refractivity contribution in [2.45, 2.75) is 25.7 Å². The summed E-state index contributed by atoms with van der Waals surface area (Å²) in [5, 5.41) is 17.0. The van der Waals surface area contributed by atoms with Crippen molar-refractivity contribution in [3.63, 3.8) is 0 Å². The summed E-state index contributed by atoms with van der Waals surface area (Å²) in [4.78, 5) is 20.9. The fourth-order valence-electron chi connectivity index (χ4n) is 1.16. The van der Waals surface area contributed by atoms with Gasteiger partial charge in [0.2, 0.25) is 0 Å². The summed E-state index contributed by atoms with van der Waals surface area (Å²) in [6.45, 7) is 0. The molecule has 0 amide bonds. The molecule has 3 N–H and O–H groups in total. The molecule has 0 aliphatic heterocycles. The Morgan fingerprint density at radius 3 is 1.88 bits per heavy atom. The van der Waals surface area contributed by atoms with Crippen LogP contribution in [0.15, 0.2) is 0 Å². The van der Waals surface area contributed by atoms with E-state index in [0.717, 1.165) is 0 Å². The van der Waals surface area contributed by atoms with E-state index in [1.165, 1.54) is 0 Å². The summed E-state index contributed by atoms with van der Waals surface area (Å²) in [6.07, 6.45) is 0.788. The van der Waals surface area contributed by atoms with Crippen LogP contribution in [0.5, 0.6) is 0 Å². The zero-order valence-corrected chi connectivity index (χ0v) is 9.31. The minimum absolute atomic E-state index is 0.0455. The molecular weight excluding hydrogens is 240 g/mol. The van der Waals surface area contributed by atoms with Gasteiger partial charge in [0.25, 0.3) is 10.1 Å². The SMILES string of the molecule is O=C(O)C(CCCCCS(=O)(=O)O)C(=O)O. The van der Waals surface area contributed by atoms with Gasteiger partial charge in [0.1, 0.15) is 0 Å². The van der Waals surface area contributed by atoms with E-state index >= 15 is 0 Å². The minimum atomic E-state index is -3.99. The number of rotatable bonds is 8. The smallest absolute Gasteiger partial charge is 0.317 e. The van der Waals surface area contributed by atoms with Gasteiger partial charge in [-0.2, -0.15) is 8.42 Å². The highest BCUT2D eigenvalue weighted by Gasteiger charge is 2.24. The number of hydrogen-bond donors (Lipinski definition) is 3. The van der Waals surface area contributed by atoms with Crippen molar-refractivity contribution in [1.82, 2.24) is 0 Å². The van der Waals surface area contributed by atoms with E-state index in [-0.39, 0.29) is 12.8 Å². The molecule has 0 unspecified atom stereocenters. The summed E-state index contributed by atoms with van der Waals surface area (Å²) in [5.41, 5.74) is 0. The van der Waals surface area contributed by atoms with Crippen molar-refractivity contribution in [3.05, 3.63) is 0 Å². The fraction of sp³-hybridized carbons (Fsp3) is 0.750. The van der Waals surface area contributed by atoms with E-state index in [4.69, 9.17) is 14.8 Å². The standard InChI is InChI=1S/C8H14O7S/c9-7(10)6(8(11)12)4-2-1-3-5-16(13,14)15/h6H,1-5H2,(H,9,10)(H,11,12)(H,13,14,15). The summed E-state index contributed by atoms with van der Waals surface area (Å²) in [6, 6.07) is 0. The first-order chi connectivity index (χ1) is 7.24. The maximum atomic E-state index is 10.4. The number of hydrogen-bond acceptors (Lipinski definition) is 4. The topological polar surface area (TPSA) is 129 Å². The Kier molecular flexibility index (Phi) is 5.97. The molecule has 0 heterocycles. The van der Waals surface area contributed by atoms with Crippen molar-refractivity contribution in [1.29, 1.82) is 0 Å². The lowest BCUT2D eigenvalue weighted by Crippen LogP contribution is -2.23. The molecule has 7 nitrogen and oxygen atoms in total. The normalized spacial score (nSPS) is 11.6. The first kappa shape index (κ1) is 14.8. The van der Waals surface area contributed by atoms with Crippen LogP contribution in [-0.4, -0.2) is 40.9 Å². The zero-order valence-electron chi connectivity index (χ0n) is 8.50. The monoisotopic (exact) mass is 254 g/mol. The second-order valence-corrected chi connectivity index (χ2v) is 4.94. The van der Waals surface area contributed by atoms with Crippen LogP contribution in [0.4, 0.5) is 0 Å². The minimum Gasteiger partial charge on any atom is -0.481 e. The lowest BCUT2D eigenvalue weighted by Gasteiger charge is -2.06. The molecule has 0 rings (SSSR count). The van der Waals surface area contributed by atoms with Crippen LogP contribution < -0.4 is 0 Å². The van der Waals surface area contributed by atoms with Crippen LogP contribution in [0, 0.1) is 5.92 Å². The number of unbranched alkanes of at least 4 members (excludes halogenated alkanes) is 2. The Morgan fingerprint density at radius 2 is 1.50 bits per heavy atom. The Morgan fingerprint density at radius 1 is 1.00 bits per heavy atom. The summed E-state index contributed by atoms with van der Waals surface area (Å²) < 4.78 is 29.0. The molecule has 0 saturated carbocycles. The van der Waals surface area contributed by atoms with Gasteiger partial charge in [-0.3, -0.25) is 14.1 Å². The van der Waals surface area contributed by atoms with Crippen LogP contribution in [0.2, 0.25) is 0 Å². The van der Waals surface area contributed by atoms with Crippen molar-refractivity contribution < 1.29 is 32.8 Å². The average Bonchev–Trinajstić information content (AvgIpc) is 2.07. The highest BCUT2D eigenvalue weighted by molar-refractivity contribution is 7.85. The number of aliphatic carboxylic acids is 2. The zero-order chi connectivity index (χ0) is 12.8.